The molecule has 2 aromatic carbocycles. The zero-order valence-corrected chi connectivity index (χ0v) is 11.6. The smallest absolute Gasteiger partial charge is 0.269 e. The first-order valence-electron chi connectivity index (χ1n) is 5.91. The fourth-order valence-electron chi connectivity index (χ4n) is 1.72. The Morgan fingerprint density at radius 3 is 2.50 bits per heavy atom. The van der Waals surface area contributed by atoms with Gasteiger partial charge in [0.2, 0.25) is 0 Å². The van der Waals surface area contributed by atoms with Crippen LogP contribution in [0.3, 0.4) is 0 Å². The summed E-state index contributed by atoms with van der Waals surface area (Å²) in [5.41, 5.74) is 1.87. The second-order valence-corrected chi connectivity index (χ2v) is 4.53. The average molecular weight is 293 g/mol. The number of methoxy groups -OCH3 is 1. The zero-order valence-electron chi connectivity index (χ0n) is 10.8. The van der Waals surface area contributed by atoms with Gasteiger partial charge in [-0.05, 0) is 29.8 Å². The third-order valence-electron chi connectivity index (χ3n) is 2.79. The number of halogens is 1. The lowest BCUT2D eigenvalue weighted by atomic mass is 10.2. The molecule has 5 nitrogen and oxygen atoms in total. The minimum Gasteiger partial charge on any atom is -0.495 e. The van der Waals surface area contributed by atoms with Crippen molar-refractivity contribution in [2.24, 2.45) is 0 Å². The fourth-order valence-corrected chi connectivity index (χ4v) is 2.01. The topological polar surface area (TPSA) is 64.4 Å². The Balaban J connectivity index is 2.01. The van der Waals surface area contributed by atoms with Crippen molar-refractivity contribution in [2.75, 3.05) is 12.4 Å². The van der Waals surface area contributed by atoms with Crippen molar-refractivity contribution >= 4 is 23.0 Å². The number of nitro groups is 1. The van der Waals surface area contributed by atoms with Crippen LogP contribution in [0.5, 0.6) is 5.75 Å². The van der Waals surface area contributed by atoms with Crippen molar-refractivity contribution in [1.82, 2.24) is 0 Å². The lowest BCUT2D eigenvalue weighted by molar-refractivity contribution is -0.384. The number of rotatable bonds is 5. The molecule has 0 heterocycles. The summed E-state index contributed by atoms with van der Waals surface area (Å²) in [6.07, 6.45) is 0. The molecule has 0 saturated heterocycles. The Hall–Kier alpha value is -2.27. The molecule has 0 fully saturated rings. The molecule has 0 amide bonds. The second-order valence-electron chi connectivity index (χ2n) is 4.13. The summed E-state index contributed by atoms with van der Waals surface area (Å²) >= 11 is 6.04. The van der Waals surface area contributed by atoms with Gasteiger partial charge in [-0.3, -0.25) is 10.1 Å². The molecule has 0 aliphatic rings. The van der Waals surface area contributed by atoms with Crippen LogP contribution in [0.25, 0.3) is 0 Å². The zero-order chi connectivity index (χ0) is 14.5. The lowest BCUT2D eigenvalue weighted by Crippen LogP contribution is -1.99. The van der Waals surface area contributed by atoms with Crippen LogP contribution >= 0.6 is 11.6 Å². The predicted octanol–water partition coefficient (Wildman–Crippen LogP) is 3.87. The van der Waals surface area contributed by atoms with Gasteiger partial charge in [-0.25, -0.2) is 0 Å². The van der Waals surface area contributed by atoms with Crippen LogP contribution < -0.4 is 10.1 Å². The van der Waals surface area contributed by atoms with Crippen molar-refractivity contribution < 1.29 is 9.66 Å². The van der Waals surface area contributed by atoms with Crippen LogP contribution in [0.15, 0.2) is 42.5 Å². The molecule has 0 bridgehead atoms. The number of nitrogens with zero attached hydrogens (tertiary/aromatic N) is 1. The molecule has 104 valence electrons. The van der Waals surface area contributed by atoms with E-state index in [1.54, 1.807) is 25.3 Å². The first-order valence-corrected chi connectivity index (χ1v) is 6.28. The monoisotopic (exact) mass is 292 g/mol. The van der Waals surface area contributed by atoms with Crippen LogP contribution in [-0.2, 0) is 6.54 Å². The number of nitro benzene ring substituents is 1. The standard InChI is InChI=1S/C14H13ClN2O3/c1-20-14-7-2-10(8-13(14)15)9-16-11-3-5-12(6-4-11)17(18)19/h2-8,16H,9H2,1H3. The van der Waals surface area contributed by atoms with Gasteiger partial charge in [0.25, 0.3) is 5.69 Å². The molecular formula is C14H13ClN2O3. The molecule has 0 aliphatic heterocycles. The Kier molecular flexibility index (Phi) is 4.42. The van der Waals surface area contributed by atoms with Gasteiger partial charge < -0.3 is 10.1 Å². The van der Waals surface area contributed by atoms with Gasteiger partial charge >= 0.3 is 0 Å². The Morgan fingerprint density at radius 2 is 1.95 bits per heavy atom. The third-order valence-corrected chi connectivity index (χ3v) is 3.09. The molecule has 6 heteroatoms. The van der Waals surface area contributed by atoms with Gasteiger partial charge in [-0.15, -0.1) is 0 Å². The highest BCUT2D eigenvalue weighted by molar-refractivity contribution is 6.32. The quantitative estimate of drug-likeness (QED) is 0.671. The van der Waals surface area contributed by atoms with Crippen molar-refractivity contribution in [2.45, 2.75) is 6.54 Å². The normalized spacial score (nSPS) is 10.1. The van der Waals surface area contributed by atoms with E-state index in [0.29, 0.717) is 17.3 Å². The van der Waals surface area contributed by atoms with E-state index in [9.17, 15) is 10.1 Å². The van der Waals surface area contributed by atoms with E-state index < -0.39 is 4.92 Å². The number of non-ortho nitro benzene ring substituents is 1. The van der Waals surface area contributed by atoms with Gasteiger partial charge in [0.05, 0.1) is 17.1 Å². The van der Waals surface area contributed by atoms with Gasteiger partial charge in [-0.1, -0.05) is 17.7 Å². The average Bonchev–Trinajstić information content (AvgIpc) is 2.45. The maximum atomic E-state index is 10.5. The summed E-state index contributed by atoms with van der Waals surface area (Å²) in [5, 5.41) is 14.3. The number of nitrogens with one attached hydrogen (secondary N) is 1. The summed E-state index contributed by atoms with van der Waals surface area (Å²) in [6, 6.07) is 11.8. The molecule has 1 N–H and O–H groups in total. The van der Waals surface area contributed by atoms with Crippen LogP contribution in [0, 0.1) is 10.1 Å². The minimum atomic E-state index is -0.424. The van der Waals surface area contributed by atoms with E-state index in [2.05, 4.69) is 5.32 Å². The van der Waals surface area contributed by atoms with Crippen molar-refractivity contribution in [1.29, 1.82) is 0 Å². The summed E-state index contributed by atoms with van der Waals surface area (Å²) in [6.45, 7) is 0.571. The highest BCUT2D eigenvalue weighted by atomic mass is 35.5. The third kappa shape index (κ3) is 3.39. The summed E-state index contributed by atoms with van der Waals surface area (Å²) in [4.78, 5) is 10.1. The van der Waals surface area contributed by atoms with E-state index in [1.165, 1.54) is 12.1 Å². The Bertz CT molecular complexity index is 614. The lowest BCUT2D eigenvalue weighted by Gasteiger charge is -2.08. The molecular weight excluding hydrogens is 280 g/mol. The summed E-state index contributed by atoms with van der Waals surface area (Å²) in [5.74, 6) is 0.630. The largest absolute Gasteiger partial charge is 0.495 e. The number of benzene rings is 2. The highest BCUT2D eigenvalue weighted by Gasteiger charge is 2.04. The molecule has 0 unspecified atom stereocenters. The molecule has 0 aromatic heterocycles. The van der Waals surface area contributed by atoms with Crippen molar-refractivity contribution in [3.8, 4) is 5.75 Å². The van der Waals surface area contributed by atoms with Gasteiger partial charge in [-0.2, -0.15) is 0 Å². The molecule has 20 heavy (non-hydrogen) atoms. The second kappa shape index (κ2) is 6.25. The Morgan fingerprint density at radius 1 is 1.25 bits per heavy atom. The Labute approximate surface area is 121 Å². The van der Waals surface area contributed by atoms with E-state index in [1.807, 2.05) is 12.1 Å². The van der Waals surface area contributed by atoms with Crippen LogP contribution in [0.4, 0.5) is 11.4 Å². The van der Waals surface area contributed by atoms with E-state index in [-0.39, 0.29) is 5.69 Å². The maximum absolute atomic E-state index is 10.5. The fraction of sp³-hybridized carbons (Fsp3) is 0.143. The van der Waals surface area contributed by atoms with Crippen LogP contribution in [-0.4, -0.2) is 12.0 Å². The van der Waals surface area contributed by atoms with E-state index in [0.717, 1.165) is 11.3 Å². The molecule has 0 radical (unpaired) electrons. The first kappa shape index (κ1) is 14.1. The molecule has 0 saturated carbocycles. The summed E-state index contributed by atoms with van der Waals surface area (Å²) < 4.78 is 5.08. The first-order chi connectivity index (χ1) is 9.60. The molecule has 2 rings (SSSR count). The number of hydrogen-bond acceptors (Lipinski definition) is 4. The molecule has 2 aromatic rings. The minimum absolute atomic E-state index is 0.0723. The van der Waals surface area contributed by atoms with Crippen LogP contribution in [0.2, 0.25) is 5.02 Å². The van der Waals surface area contributed by atoms with Crippen LogP contribution in [0.1, 0.15) is 5.56 Å². The molecule has 0 spiro atoms. The number of anilines is 1. The van der Waals surface area contributed by atoms with Gasteiger partial charge in [0.1, 0.15) is 5.75 Å². The predicted molar refractivity (Wildman–Crippen MR) is 78.4 cm³/mol. The number of hydrogen-bond donors (Lipinski definition) is 1. The molecule has 0 aliphatic carbocycles. The maximum Gasteiger partial charge on any atom is 0.269 e. The van der Waals surface area contributed by atoms with E-state index in [4.69, 9.17) is 16.3 Å². The molecule has 0 atom stereocenters. The highest BCUT2D eigenvalue weighted by Crippen LogP contribution is 2.25. The van der Waals surface area contributed by atoms with Crippen molar-refractivity contribution in [3.05, 3.63) is 63.2 Å². The summed E-state index contributed by atoms with van der Waals surface area (Å²) in [7, 11) is 1.57. The van der Waals surface area contributed by atoms with Crippen molar-refractivity contribution in [3.63, 3.8) is 0 Å². The number of ether oxygens (including phenoxy) is 1. The SMILES string of the molecule is COc1ccc(CNc2ccc([N+](=O)[O-])cc2)cc1Cl. The van der Waals surface area contributed by atoms with E-state index >= 15 is 0 Å². The van der Waals surface area contributed by atoms with Gasteiger partial charge in [0.15, 0.2) is 0 Å². The van der Waals surface area contributed by atoms with Gasteiger partial charge in [0, 0.05) is 24.4 Å².